The number of nitrogens with one attached hydrogen (secondary N) is 1. The average Bonchev–Trinajstić information content (AvgIpc) is 2.85. The van der Waals surface area contributed by atoms with Gasteiger partial charge in [0.2, 0.25) is 0 Å². The Bertz CT molecular complexity index is 578. The van der Waals surface area contributed by atoms with Gasteiger partial charge in [0, 0.05) is 31.8 Å². The minimum Gasteiger partial charge on any atom is -0.381 e. The van der Waals surface area contributed by atoms with Crippen molar-refractivity contribution in [2.45, 2.75) is 26.4 Å². The molecule has 2 aromatic rings. The van der Waals surface area contributed by atoms with Crippen molar-refractivity contribution < 1.29 is 4.74 Å². The molecule has 1 aliphatic rings. The van der Waals surface area contributed by atoms with E-state index in [4.69, 9.17) is 4.74 Å². The number of piperidine rings is 1. The van der Waals surface area contributed by atoms with E-state index >= 15 is 0 Å². The van der Waals surface area contributed by atoms with Gasteiger partial charge in [0.05, 0.1) is 11.5 Å². The standard InChI is InChI=1S/C14H20N4O/c1-14(2)8-18(7-5-11(14)19-3)13-10-4-6-15-12(10)16-9-17-13/h4,6,9,11H,5,7-8H2,1-3H3,(H,15,16,17). The molecular weight excluding hydrogens is 240 g/mol. The Morgan fingerprint density at radius 2 is 2.26 bits per heavy atom. The lowest BCUT2D eigenvalue weighted by Crippen LogP contribution is -2.49. The van der Waals surface area contributed by atoms with Crippen molar-refractivity contribution in [1.82, 2.24) is 15.0 Å². The molecule has 1 saturated heterocycles. The number of ether oxygens (including phenoxy) is 1. The molecule has 3 rings (SSSR count). The lowest BCUT2D eigenvalue weighted by Gasteiger charge is -2.44. The first-order chi connectivity index (χ1) is 9.12. The highest BCUT2D eigenvalue weighted by molar-refractivity contribution is 5.87. The predicted octanol–water partition coefficient (Wildman–Crippen LogP) is 2.21. The maximum Gasteiger partial charge on any atom is 0.142 e. The van der Waals surface area contributed by atoms with E-state index in [0.717, 1.165) is 36.4 Å². The highest BCUT2D eigenvalue weighted by Crippen LogP contribution is 2.34. The number of aromatic amines is 1. The van der Waals surface area contributed by atoms with Crippen LogP contribution in [0.25, 0.3) is 11.0 Å². The van der Waals surface area contributed by atoms with Gasteiger partial charge in [-0.15, -0.1) is 0 Å². The number of rotatable bonds is 2. The summed E-state index contributed by atoms with van der Waals surface area (Å²) < 4.78 is 5.60. The zero-order valence-corrected chi connectivity index (χ0v) is 11.7. The van der Waals surface area contributed by atoms with Crippen LogP contribution < -0.4 is 4.90 Å². The van der Waals surface area contributed by atoms with Crippen LogP contribution in [-0.4, -0.2) is 41.3 Å². The SMILES string of the molecule is COC1CCN(c2ncnc3[nH]ccc23)CC1(C)C. The van der Waals surface area contributed by atoms with Gasteiger partial charge in [0.1, 0.15) is 17.8 Å². The minimum atomic E-state index is 0.126. The van der Waals surface area contributed by atoms with E-state index in [1.807, 2.05) is 12.3 Å². The largest absolute Gasteiger partial charge is 0.381 e. The summed E-state index contributed by atoms with van der Waals surface area (Å²) in [5, 5.41) is 1.09. The molecule has 1 unspecified atom stereocenters. The van der Waals surface area contributed by atoms with Crippen molar-refractivity contribution in [3.8, 4) is 0 Å². The molecule has 2 aromatic heterocycles. The molecule has 1 fully saturated rings. The molecule has 0 saturated carbocycles. The second-order valence-corrected chi connectivity index (χ2v) is 5.86. The number of aromatic nitrogens is 3. The molecule has 1 aliphatic heterocycles. The number of fused-ring (bicyclic) bond motifs is 1. The van der Waals surface area contributed by atoms with Crippen LogP contribution in [0.4, 0.5) is 5.82 Å². The summed E-state index contributed by atoms with van der Waals surface area (Å²) in [4.78, 5) is 14.2. The topological polar surface area (TPSA) is 54.0 Å². The average molecular weight is 260 g/mol. The molecule has 0 bridgehead atoms. The summed E-state index contributed by atoms with van der Waals surface area (Å²) >= 11 is 0. The van der Waals surface area contributed by atoms with Crippen molar-refractivity contribution in [3.05, 3.63) is 18.6 Å². The normalized spacial score (nSPS) is 22.9. The van der Waals surface area contributed by atoms with Gasteiger partial charge >= 0.3 is 0 Å². The highest BCUT2D eigenvalue weighted by atomic mass is 16.5. The van der Waals surface area contributed by atoms with Crippen LogP contribution in [0.15, 0.2) is 18.6 Å². The van der Waals surface area contributed by atoms with E-state index in [2.05, 4.69) is 33.7 Å². The zero-order valence-electron chi connectivity index (χ0n) is 11.7. The molecule has 5 heteroatoms. The van der Waals surface area contributed by atoms with Crippen molar-refractivity contribution in [1.29, 1.82) is 0 Å². The van der Waals surface area contributed by atoms with E-state index in [1.165, 1.54) is 0 Å². The van der Waals surface area contributed by atoms with E-state index in [9.17, 15) is 0 Å². The summed E-state index contributed by atoms with van der Waals surface area (Å²) in [6.45, 7) is 6.42. The first-order valence-electron chi connectivity index (χ1n) is 6.67. The summed E-state index contributed by atoms with van der Waals surface area (Å²) in [5.41, 5.74) is 1.03. The monoisotopic (exact) mass is 260 g/mol. The number of hydrogen-bond acceptors (Lipinski definition) is 4. The van der Waals surface area contributed by atoms with Crippen LogP contribution in [0.5, 0.6) is 0 Å². The molecule has 19 heavy (non-hydrogen) atoms. The van der Waals surface area contributed by atoms with E-state index in [0.29, 0.717) is 6.10 Å². The number of anilines is 1. The quantitative estimate of drug-likeness (QED) is 0.899. The highest BCUT2D eigenvalue weighted by Gasteiger charge is 2.36. The van der Waals surface area contributed by atoms with Crippen molar-refractivity contribution in [2.75, 3.05) is 25.1 Å². The molecule has 0 aliphatic carbocycles. The van der Waals surface area contributed by atoms with Gasteiger partial charge in [0.15, 0.2) is 0 Å². The maximum absolute atomic E-state index is 5.60. The van der Waals surface area contributed by atoms with Gasteiger partial charge in [-0.25, -0.2) is 9.97 Å². The van der Waals surface area contributed by atoms with Crippen LogP contribution in [-0.2, 0) is 4.74 Å². The van der Waals surface area contributed by atoms with E-state index in [-0.39, 0.29) is 5.41 Å². The first kappa shape index (κ1) is 12.4. The van der Waals surface area contributed by atoms with Crippen LogP contribution in [0.1, 0.15) is 20.3 Å². The molecule has 0 radical (unpaired) electrons. The Morgan fingerprint density at radius 3 is 3.00 bits per heavy atom. The molecule has 1 atom stereocenters. The summed E-state index contributed by atoms with van der Waals surface area (Å²) in [7, 11) is 1.80. The smallest absolute Gasteiger partial charge is 0.142 e. The van der Waals surface area contributed by atoms with E-state index in [1.54, 1.807) is 13.4 Å². The van der Waals surface area contributed by atoms with Gasteiger partial charge in [0.25, 0.3) is 0 Å². The van der Waals surface area contributed by atoms with Crippen molar-refractivity contribution in [3.63, 3.8) is 0 Å². The number of hydrogen-bond donors (Lipinski definition) is 1. The number of H-pyrrole nitrogens is 1. The number of nitrogens with zero attached hydrogens (tertiary/aromatic N) is 3. The minimum absolute atomic E-state index is 0.126. The molecule has 3 heterocycles. The van der Waals surface area contributed by atoms with Gasteiger partial charge in [-0.1, -0.05) is 13.8 Å². The second-order valence-electron chi connectivity index (χ2n) is 5.86. The second kappa shape index (κ2) is 4.49. The fourth-order valence-electron chi connectivity index (χ4n) is 3.06. The Kier molecular flexibility index (Phi) is 2.93. The summed E-state index contributed by atoms with van der Waals surface area (Å²) in [6, 6.07) is 2.04. The van der Waals surface area contributed by atoms with Crippen molar-refractivity contribution in [2.24, 2.45) is 5.41 Å². The molecule has 0 amide bonds. The Hall–Kier alpha value is -1.62. The Morgan fingerprint density at radius 1 is 1.42 bits per heavy atom. The fraction of sp³-hybridized carbons (Fsp3) is 0.571. The molecule has 1 N–H and O–H groups in total. The van der Waals surface area contributed by atoms with Crippen LogP contribution in [0, 0.1) is 5.41 Å². The zero-order chi connectivity index (χ0) is 13.5. The molecule has 102 valence electrons. The van der Waals surface area contributed by atoms with Crippen molar-refractivity contribution >= 4 is 16.9 Å². The third-order valence-electron chi connectivity index (χ3n) is 4.05. The number of methoxy groups -OCH3 is 1. The Labute approximate surface area is 113 Å². The molecule has 0 spiro atoms. The maximum atomic E-state index is 5.60. The van der Waals surface area contributed by atoms with Gasteiger partial charge < -0.3 is 14.6 Å². The lowest BCUT2D eigenvalue weighted by atomic mass is 9.81. The van der Waals surface area contributed by atoms with Crippen LogP contribution >= 0.6 is 0 Å². The summed E-state index contributed by atoms with van der Waals surface area (Å²) in [5.74, 6) is 1.02. The fourth-order valence-corrected chi connectivity index (χ4v) is 3.06. The lowest BCUT2D eigenvalue weighted by molar-refractivity contribution is -0.00638. The third kappa shape index (κ3) is 2.08. The molecular formula is C14H20N4O. The molecule has 5 nitrogen and oxygen atoms in total. The van der Waals surface area contributed by atoms with Crippen LogP contribution in [0.2, 0.25) is 0 Å². The van der Waals surface area contributed by atoms with Gasteiger partial charge in [-0.05, 0) is 12.5 Å². The third-order valence-corrected chi connectivity index (χ3v) is 4.05. The van der Waals surface area contributed by atoms with Gasteiger partial charge in [-0.3, -0.25) is 0 Å². The Balaban J connectivity index is 1.93. The van der Waals surface area contributed by atoms with Gasteiger partial charge in [-0.2, -0.15) is 0 Å². The first-order valence-corrected chi connectivity index (χ1v) is 6.67. The summed E-state index contributed by atoms with van der Waals surface area (Å²) in [6.07, 6.45) is 4.88. The molecule has 0 aromatic carbocycles. The van der Waals surface area contributed by atoms with E-state index < -0.39 is 0 Å². The van der Waals surface area contributed by atoms with Crippen LogP contribution in [0.3, 0.4) is 0 Å². The predicted molar refractivity (Wildman–Crippen MR) is 75.3 cm³/mol.